The van der Waals surface area contributed by atoms with Crippen LogP contribution in [0.25, 0.3) is 11.3 Å². The van der Waals surface area contributed by atoms with Gasteiger partial charge in [0, 0.05) is 25.8 Å². The number of carbonyl (C=O) groups excluding carboxylic acids is 4. The van der Waals surface area contributed by atoms with Crippen LogP contribution in [-0.4, -0.2) is 70.6 Å². The van der Waals surface area contributed by atoms with Gasteiger partial charge in [0.05, 0.1) is 25.2 Å². The summed E-state index contributed by atoms with van der Waals surface area (Å²) >= 11 is 0. The number of β-amino-alcohol motifs (C(OH)–C–C–N with tert-alkyl or cyclic N) is 1. The second-order valence-corrected chi connectivity index (χ2v) is 11.9. The molecule has 12 nitrogen and oxygen atoms in total. The number of esters is 1. The Morgan fingerprint density at radius 3 is 2.64 bits per heavy atom. The molecule has 3 heterocycles. The Labute approximate surface area is 245 Å². The average molecular weight is 585 g/mol. The van der Waals surface area contributed by atoms with Crippen molar-refractivity contribution in [3.05, 3.63) is 35.9 Å². The van der Waals surface area contributed by atoms with E-state index < -0.39 is 23.7 Å². The summed E-state index contributed by atoms with van der Waals surface area (Å²) in [7, 11) is 1.34. The zero-order valence-electron chi connectivity index (χ0n) is 24.6. The fourth-order valence-electron chi connectivity index (χ4n) is 5.22. The van der Waals surface area contributed by atoms with Crippen LogP contribution in [-0.2, 0) is 36.9 Å². The van der Waals surface area contributed by atoms with Gasteiger partial charge in [0.1, 0.15) is 30.3 Å². The van der Waals surface area contributed by atoms with Crippen molar-refractivity contribution in [2.75, 3.05) is 13.7 Å². The van der Waals surface area contributed by atoms with Crippen molar-refractivity contribution < 1.29 is 38.2 Å². The molecule has 4 rings (SSSR count). The first-order chi connectivity index (χ1) is 20.0. The van der Waals surface area contributed by atoms with Crippen LogP contribution in [0.4, 0.5) is 0 Å². The Hall–Kier alpha value is -3.93. The van der Waals surface area contributed by atoms with Gasteiger partial charge in [0.15, 0.2) is 12.2 Å². The summed E-state index contributed by atoms with van der Waals surface area (Å²) in [5.74, 6) is 0.0219. The number of carbonyl (C=O) groups is 4. The highest BCUT2D eigenvalue weighted by molar-refractivity contribution is 5.89. The van der Waals surface area contributed by atoms with Gasteiger partial charge in [-0.25, -0.2) is 4.98 Å². The molecule has 0 radical (unpaired) electrons. The number of fused-ring (bicyclic) bond motifs is 3. The minimum absolute atomic E-state index is 0.0456. The molecule has 2 aromatic rings. The fraction of sp³-hybridized carbons (Fsp3) is 0.567. The number of aliphatic hydroxyl groups is 1. The highest BCUT2D eigenvalue weighted by atomic mass is 16.5. The lowest BCUT2D eigenvalue weighted by atomic mass is 9.85. The molecule has 0 spiro atoms. The molecule has 2 aliphatic heterocycles. The molecule has 1 aromatic carbocycles. The normalized spacial score (nSPS) is 18.4. The molecule has 3 amide bonds. The van der Waals surface area contributed by atoms with Crippen molar-refractivity contribution in [2.45, 2.75) is 90.6 Å². The lowest BCUT2D eigenvalue weighted by Crippen LogP contribution is -2.58. The topological polar surface area (TPSA) is 160 Å². The molecular formula is C30H40N4O8. The number of oxazole rings is 1. The molecule has 3 atom stereocenters. The van der Waals surface area contributed by atoms with Crippen molar-refractivity contribution in [2.24, 2.45) is 5.41 Å². The van der Waals surface area contributed by atoms with E-state index in [2.05, 4.69) is 20.4 Å². The fourth-order valence-corrected chi connectivity index (χ4v) is 5.22. The summed E-state index contributed by atoms with van der Waals surface area (Å²) in [4.78, 5) is 56.3. The Morgan fingerprint density at radius 1 is 1.14 bits per heavy atom. The molecule has 3 N–H and O–H groups in total. The van der Waals surface area contributed by atoms with Gasteiger partial charge in [-0.3, -0.25) is 19.2 Å². The van der Waals surface area contributed by atoms with E-state index in [9.17, 15) is 24.3 Å². The third kappa shape index (κ3) is 7.67. The van der Waals surface area contributed by atoms with Crippen molar-refractivity contribution >= 4 is 23.7 Å². The van der Waals surface area contributed by atoms with Crippen LogP contribution in [0.5, 0.6) is 5.75 Å². The van der Waals surface area contributed by atoms with Crippen molar-refractivity contribution in [1.82, 2.24) is 20.5 Å². The standard InChI is InChI=1S/C30H40N4O8/c1-30(2,3)28(33-24(36)8-6-5-7-9-26(38)40-4)29(39)34-15-19(35)14-23(34)32-25(37)13-18-10-11-20-22(12-18)41-16-21-27(20)42-17-31-21/h10-12,17,19,23,28,35H,5-9,13-16H2,1-4H3,(H,32,37)(H,33,36)/t19-,23+,28-/m1/s1. The van der Waals surface area contributed by atoms with Crippen LogP contribution in [0.1, 0.15) is 70.6 Å². The monoisotopic (exact) mass is 584 g/mol. The van der Waals surface area contributed by atoms with Gasteiger partial charge in [0.25, 0.3) is 0 Å². The Morgan fingerprint density at radius 2 is 1.90 bits per heavy atom. The molecule has 1 aromatic heterocycles. The van der Waals surface area contributed by atoms with Gasteiger partial charge < -0.3 is 34.5 Å². The van der Waals surface area contributed by atoms with E-state index in [4.69, 9.17) is 9.15 Å². The second kappa shape index (κ2) is 13.4. The maximum absolute atomic E-state index is 13.7. The van der Waals surface area contributed by atoms with Crippen LogP contribution in [0, 0.1) is 5.41 Å². The first-order valence-corrected chi connectivity index (χ1v) is 14.3. The number of aromatic nitrogens is 1. The third-order valence-electron chi connectivity index (χ3n) is 7.48. The molecular weight excluding hydrogens is 544 g/mol. The van der Waals surface area contributed by atoms with E-state index in [0.29, 0.717) is 37.2 Å². The van der Waals surface area contributed by atoms with Crippen molar-refractivity contribution in [3.8, 4) is 17.1 Å². The summed E-state index contributed by atoms with van der Waals surface area (Å²) in [5.41, 5.74) is 1.59. The number of amides is 3. The number of hydrogen-bond acceptors (Lipinski definition) is 9. The summed E-state index contributed by atoms with van der Waals surface area (Å²) in [5, 5.41) is 16.2. The maximum Gasteiger partial charge on any atom is 0.305 e. The predicted octanol–water partition coefficient (Wildman–Crippen LogP) is 2.47. The van der Waals surface area contributed by atoms with E-state index in [1.54, 1.807) is 6.07 Å². The summed E-state index contributed by atoms with van der Waals surface area (Å²) in [6.45, 7) is 5.89. The van der Waals surface area contributed by atoms with Crippen LogP contribution in [0.3, 0.4) is 0 Å². The van der Waals surface area contributed by atoms with Crippen LogP contribution < -0.4 is 15.4 Å². The van der Waals surface area contributed by atoms with Crippen LogP contribution in [0.2, 0.25) is 0 Å². The van der Waals surface area contributed by atoms with E-state index >= 15 is 0 Å². The van der Waals surface area contributed by atoms with Gasteiger partial charge in [-0.05, 0) is 36.0 Å². The minimum atomic E-state index is -0.858. The smallest absolute Gasteiger partial charge is 0.305 e. The Bertz CT molecular complexity index is 1300. The number of methoxy groups -OCH3 is 1. The lowest BCUT2D eigenvalue weighted by molar-refractivity contribution is -0.142. The summed E-state index contributed by atoms with van der Waals surface area (Å²) < 4.78 is 15.9. The van der Waals surface area contributed by atoms with E-state index in [1.165, 1.54) is 18.4 Å². The molecule has 0 aliphatic carbocycles. The molecule has 2 aliphatic rings. The zero-order chi connectivity index (χ0) is 30.4. The summed E-state index contributed by atoms with van der Waals surface area (Å²) in [6, 6.07) is 4.56. The number of nitrogens with one attached hydrogen (secondary N) is 2. The highest BCUT2D eigenvalue weighted by Crippen LogP contribution is 2.37. The number of likely N-dealkylation sites (tertiary alicyclic amines) is 1. The molecule has 12 heteroatoms. The number of aliphatic hydroxyl groups excluding tert-OH is 1. The number of rotatable bonds is 11. The summed E-state index contributed by atoms with van der Waals surface area (Å²) in [6.07, 6.45) is 2.47. The highest BCUT2D eigenvalue weighted by Gasteiger charge is 2.42. The van der Waals surface area contributed by atoms with E-state index in [1.807, 2.05) is 32.9 Å². The minimum Gasteiger partial charge on any atom is -0.486 e. The predicted molar refractivity (Wildman–Crippen MR) is 151 cm³/mol. The first kappa shape index (κ1) is 31.0. The van der Waals surface area contributed by atoms with Gasteiger partial charge >= 0.3 is 5.97 Å². The Balaban J connectivity index is 1.35. The molecule has 1 fully saturated rings. The number of nitrogens with zero attached hydrogens (tertiary/aromatic N) is 2. The van der Waals surface area contributed by atoms with Gasteiger partial charge in [-0.1, -0.05) is 33.3 Å². The van der Waals surface area contributed by atoms with Crippen LogP contribution in [0.15, 0.2) is 29.0 Å². The molecule has 42 heavy (non-hydrogen) atoms. The second-order valence-electron chi connectivity index (χ2n) is 11.9. The van der Waals surface area contributed by atoms with Gasteiger partial charge in [-0.15, -0.1) is 0 Å². The van der Waals surface area contributed by atoms with E-state index in [0.717, 1.165) is 16.8 Å². The largest absolute Gasteiger partial charge is 0.486 e. The third-order valence-corrected chi connectivity index (χ3v) is 7.48. The van der Waals surface area contributed by atoms with Gasteiger partial charge in [0.2, 0.25) is 17.7 Å². The Kier molecular flexibility index (Phi) is 9.87. The molecule has 0 saturated carbocycles. The number of hydrogen-bond donors (Lipinski definition) is 3. The number of ether oxygens (including phenoxy) is 2. The first-order valence-electron chi connectivity index (χ1n) is 14.3. The van der Waals surface area contributed by atoms with Gasteiger partial charge in [-0.2, -0.15) is 0 Å². The lowest BCUT2D eigenvalue weighted by Gasteiger charge is -2.35. The molecule has 0 unspecified atom stereocenters. The van der Waals surface area contributed by atoms with E-state index in [-0.39, 0.29) is 56.1 Å². The molecule has 228 valence electrons. The average Bonchev–Trinajstić information content (AvgIpc) is 3.56. The number of benzene rings is 1. The molecule has 1 saturated heterocycles. The molecule has 0 bridgehead atoms. The number of unbranched alkanes of at least 4 members (excludes halogenated alkanes) is 2. The SMILES string of the molecule is COC(=O)CCCCCC(=O)N[C@H](C(=O)N1C[C@H](O)C[C@H]1NC(=O)Cc1ccc2c(c1)OCc1ncoc1-2)C(C)(C)C. The quantitative estimate of drug-likeness (QED) is 0.266. The van der Waals surface area contributed by atoms with Crippen molar-refractivity contribution in [1.29, 1.82) is 0 Å². The van der Waals surface area contributed by atoms with Crippen molar-refractivity contribution in [3.63, 3.8) is 0 Å². The zero-order valence-corrected chi connectivity index (χ0v) is 24.6. The maximum atomic E-state index is 13.7. The van der Waals surface area contributed by atoms with Crippen LogP contribution >= 0.6 is 0 Å².